The summed E-state index contributed by atoms with van der Waals surface area (Å²) < 4.78 is 0. The average Bonchev–Trinajstić information content (AvgIpc) is 2.57. The maximum absolute atomic E-state index is 4.40. The summed E-state index contributed by atoms with van der Waals surface area (Å²) >= 11 is 0. The Morgan fingerprint density at radius 3 is 3.00 bits per heavy atom. The Morgan fingerprint density at radius 1 is 1.31 bits per heavy atom. The normalized spacial score (nSPS) is 13.5. The third kappa shape index (κ3) is 1.69. The lowest BCUT2D eigenvalue weighted by Crippen LogP contribution is -2.05. The largest absolute Gasteiger partial charge is 0.262 e. The lowest BCUT2D eigenvalue weighted by molar-refractivity contribution is 0.825. The Bertz CT molecular complexity index is 331. The second-order valence-corrected chi connectivity index (χ2v) is 3.11. The third-order valence-corrected chi connectivity index (χ3v) is 2.03. The third-order valence-electron chi connectivity index (χ3n) is 2.03. The molecule has 3 heteroatoms. The van der Waals surface area contributed by atoms with Crippen molar-refractivity contribution in [2.45, 2.75) is 26.2 Å². The van der Waals surface area contributed by atoms with Crippen molar-refractivity contribution in [3.63, 3.8) is 0 Å². The molecule has 0 aromatic carbocycles. The molecule has 1 aliphatic heterocycles. The van der Waals surface area contributed by atoms with E-state index in [9.17, 15) is 0 Å². The van der Waals surface area contributed by atoms with Gasteiger partial charge in [0.15, 0.2) is 0 Å². The topological polar surface area (TPSA) is 39.4 Å². The number of aromatic nitrogens is 1. The van der Waals surface area contributed by atoms with Gasteiger partial charge in [-0.1, -0.05) is 13.3 Å². The molecule has 1 aromatic rings. The lowest BCUT2D eigenvalue weighted by Gasteiger charge is -1.96. The van der Waals surface area contributed by atoms with E-state index in [4.69, 9.17) is 0 Å². The van der Waals surface area contributed by atoms with Crippen LogP contribution in [0.2, 0.25) is 0 Å². The lowest BCUT2D eigenvalue weighted by atomic mass is 10.2. The molecule has 0 atom stereocenters. The standard InChI is InChI=1S/C10H12N3/c1-2-3-4-10-12-8-5-6-11-7-9(8)13-10/h5-7H,2-4H2,1H3. The number of fused-ring (bicyclic) bond motifs is 1. The summed E-state index contributed by atoms with van der Waals surface area (Å²) in [7, 11) is 0. The van der Waals surface area contributed by atoms with Crippen molar-refractivity contribution in [1.29, 1.82) is 0 Å². The highest BCUT2D eigenvalue weighted by atomic mass is 15.1. The number of amidine groups is 1. The molecule has 13 heavy (non-hydrogen) atoms. The highest BCUT2D eigenvalue weighted by Crippen LogP contribution is 2.29. The predicted molar refractivity (Wildman–Crippen MR) is 52.7 cm³/mol. The fourth-order valence-electron chi connectivity index (χ4n) is 1.31. The maximum Gasteiger partial charge on any atom is 0.129 e. The predicted octanol–water partition coefficient (Wildman–Crippen LogP) is 2.55. The molecule has 2 rings (SSSR count). The van der Waals surface area contributed by atoms with Gasteiger partial charge in [-0.05, 0) is 12.5 Å². The van der Waals surface area contributed by atoms with E-state index in [0.29, 0.717) is 0 Å². The van der Waals surface area contributed by atoms with E-state index in [1.54, 1.807) is 12.4 Å². The van der Waals surface area contributed by atoms with E-state index in [-0.39, 0.29) is 0 Å². The summed E-state index contributed by atoms with van der Waals surface area (Å²) in [6, 6.07) is 1.90. The van der Waals surface area contributed by atoms with Crippen molar-refractivity contribution < 1.29 is 0 Å². The minimum Gasteiger partial charge on any atom is -0.262 e. The van der Waals surface area contributed by atoms with E-state index in [1.165, 1.54) is 6.42 Å². The average molecular weight is 174 g/mol. The molecule has 0 spiro atoms. The van der Waals surface area contributed by atoms with Crippen molar-refractivity contribution in [3.8, 4) is 0 Å². The summed E-state index contributed by atoms with van der Waals surface area (Å²) in [6.07, 6.45) is 6.83. The molecule has 1 aromatic heterocycles. The molecule has 0 saturated carbocycles. The van der Waals surface area contributed by atoms with Gasteiger partial charge in [-0.2, -0.15) is 0 Å². The van der Waals surface area contributed by atoms with Gasteiger partial charge in [0.25, 0.3) is 0 Å². The van der Waals surface area contributed by atoms with Crippen molar-refractivity contribution in [3.05, 3.63) is 18.5 Å². The number of hydrogen-bond donors (Lipinski definition) is 0. The number of unbranched alkanes of at least 4 members (excludes halogenated alkanes) is 1. The Morgan fingerprint density at radius 2 is 2.23 bits per heavy atom. The first kappa shape index (κ1) is 8.23. The van der Waals surface area contributed by atoms with Crippen molar-refractivity contribution in [2.75, 3.05) is 0 Å². The van der Waals surface area contributed by atoms with Gasteiger partial charge in [0, 0.05) is 12.6 Å². The zero-order valence-corrected chi connectivity index (χ0v) is 7.70. The smallest absolute Gasteiger partial charge is 0.129 e. The maximum atomic E-state index is 4.40. The molecule has 67 valence electrons. The van der Waals surface area contributed by atoms with Crippen LogP contribution in [0, 0.1) is 0 Å². The molecule has 0 N–H and O–H groups in total. The fourth-order valence-corrected chi connectivity index (χ4v) is 1.31. The van der Waals surface area contributed by atoms with Crippen molar-refractivity contribution >= 4 is 17.2 Å². The molecule has 0 fully saturated rings. The summed E-state index contributed by atoms with van der Waals surface area (Å²) in [4.78, 5) is 8.38. The highest BCUT2D eigenvalue weighted by Gasteiger charge is 2.13. The monoisotopic (exact) mass is 174 g/mol. The Hall–Kier alpha value is -1.38. The van der Waals surface area contributed by atoms with Crippen LogP contribution in [0.4, 0.5) is 11.4 Å². The van der Waals surface area contributed by atoms with Crippen LogP contribution in [0.1, 0.15) is 26.2 Å². The minimum atomic E-state index is 0.911. The minimum absolute atomic E-state index is 0.911. The number of rotatable bonds is 3. The SMILES string of the molecule is CCCCC1=Nc2cnccc2[N]1. The highest BCUT2D eigenvalue weighted by molar-refractivity contribution is 5.95. The van der Waals surface area contributed by atoms with Crippen LogP contribution in [0.15, 0.2) is 23.5 Å². The molecule has 0 unspecified atom stereocenters. The zero-order valence-electron chi connectivity index (χ0n) is 7.70. The van der Waals surface area contributed by atoms with Gasteiger partial charge in [0.05, 0.1) is 11.9 Å². The first-order valence-corrected chi connectivity index (χ1v) is 4.63. The van der Waals surface area contributed by atoms with Crippen LogP contribution < -0.4 is 5.32 Å². The summed E-state index contributed by atoms with van der Waals surface area (Å²) in [6.45, 7) is 2.17. The molecular formula is C10H12N3. The quantitative estimate of drug-likeness (QED) is 0.694. The summed E-state index contributed by atoms with van der Waals surface area (Å²) in [5.74, 6) is 0.949. The second-order valence-electron chi connectivity index (χ2n) is 3.11. The van der Waals surface area contributed by atoms with Gasteiger partial charge >= 0.3 is 0 Å². The van der Waals surface area contributed by atoms with E-state index >= 15 is 0 Å². The van der Waals surface area contributed by atoms with E-state index in [2.05, 4.69) is 22.2 Å². The van der Waals surface area contributed by atoms with Crippen molar-refractivity contribution in [1.82, 2.24) is 10.3 Å². The molecule has 1 aliphatic rings. The Kier molecular flexibility index (Phi) is 2.25. The van der Waals surface area contributed by atoms with Gasteiger partial charge in [0.1, 0.15) is 11.5 Å². The summed E-state index contributed by atoms with van der Waals surface area (Å²) in [5, 5.41) is 4.40. The van der Waals surface area contributed by atoms with E-state index < -0.39 is 0 Å². The second kappa shape index (κ2) is 3.56. The molecule has 0 bridgehead atoms. The first-order chi connectivity index (χ1) is 6.40. The van der Waals surface area contributed by atoms with Crippen LogP contribution in [0.5, 0.6) is 0 Å². The molecule has 0 saturated heterocycles. The van der Waals surface area contributed by atoms with Crippen LogP contribution in [-0.4, -0.2) is 10.8 Å². The van der Waals surface area contributed by atoms with Gasteiger partial charge in [-0.15, -0.1) is 0 Å². The Balaban J connectivity index is 2.08. The van der Waals surface area contributed by atoms with Gasteiger partial charge in [0.2, 0.25) is 0 Å². The van der Waals surface area contributed by atoms with Crippen LogP contribution >= 0.6 is 0 Å². The molecule has 0 amide bonds. The Labute approximate surface area is 77.9 Å². The number of hydrogen-bond acceptors (Lipinski definition) is 2. The van der Waals surface area contributed by atoms with Crippen LogP contribution in [-0.2, 0) is 0 Å². The van der Waals surface area contributed by atoms with Gasteiger partial charge in [-0.25, -0.2) is 10.3 Å². The van der Waals surface area contributed by atoms with E-state index in [0.717, 1.165) is 30.1 Å². The fraction of sp³-hybridized carbons (Fsp3) is 0.400. The van der Waals surface area contributed by atoms with Crippen molar-refractivity contribution in [2.24, 2.45) is 4.99 Å². The van der Waals surface area contributed by atoms with E-state index in [1.807, 2.05) is 6.07 Å². The van der Waals surface area contributed by atoms with Gasteiger partial charge < -0.3 is 0 Å². The number of pyridine rings is 1. The molecule has 3 nitrogen and oxygen atoms in total. The molecule has 0 aliphatic carbocycles. The van der Waals surface area contributed by atoms with Gasteiger partial charge in [-0.3, -0.25) is 4.98 Å². The first-order valence-electron chi connectivity index (χ1n) is 4.63. The summed E-state index contributed by atoms with van der Waals surface area (Å²) in [5.41, 5.74) is 1.87. The molecular weight excluding hydrogens is 162 g/mol. The number of nitrogens with zero attached hydrogens (tertiary/aromatic N) is 3. The molecule has 2 heterocycles. The zero-order chi connectivity index (χ0) is 9.10. The van der Waals surface area contributed by atoms with Crippen LogP contribution in [0.3, 0.4) is 0 Å². The number of aliphatic imine (C=N–C) groups is 1. The molecule has 1 radical (unpaired) electrons. The van der Waals surface area contributed by atoms with Crippen LogP contribution in [0.25, 0.3) is 0 Å².